The molecule has 130 valence electrons. The highest BCUT2D eigenvalue weighted by molar-refractivity contribution is 5.93. The first-order chi connectivity index (χ1) is 12.6. The average molecular weight is 345 g/mol. The van der Waals surface area contributed by atoms with E-state index in [1.54, 1.807) is 6.26 Å². The molecule has 5 heteroatoms. The van der Waals surface area contributed by atoms with E-state index >= 15 is 0 Å². The van der Waals surface area contributed by atoms with Crippen LogP contribution in [-0.4, -0.2) is 15.5 Å². The number of nitrogens with zero attached hydrogens (tertiary/aromatic N) is 2. The number of carbonyl (C=O) groups excluding carboxylic acids is 1. The molecule has 0 aliphatic rings. The minimum atomic E-state index is -0.0987. The highest BCUT2D eigenvalue weighted by atomic mass is 16.3. The number of aryl methyl sites for hydroxylation is 2. The van der Waals surface area contributed by atoms with Crippen molar-refractivity contribution in [2.45, 2.75) is 20.4 Å². The molecule has 4 rings (SSSR count). The maximum absolute atomic E-state index is 12.8. The molecule has 0 aliphatic carbocycles. The topological polar surface area (TPSA) is 60.1 Å². The molecule has 0 atom stereocenters. The summed E-state index contributed by atoms with van der Waals surface area (Å²) in [4.78, 5) is 17.4. The van der Waals surface area contributed by atoms with E-state index < -0.39 is 0 Å². The Bertz CT molecular complexity index is 1060. The Morgan fingerprint density at radius 1 is 1.04 bits per heavy atom. The summed E-state index contributed by atoms with van der Waals surface area (Å²) in [5.41, 5.74) is 4.68. The second-order valence-corrected chi connectivity index (χ2v) is 6.30. The fourth-order valence-electron chi connectivity index (χ4n) is 3.16. The van der Waals surface area contributed by atoms with Crippen molar-refractivity contribution in [1.29, 1.82) is 0 Å². The van der Waals surface area contributed by atoms with Crippen LogP contribution < -0.4 is 5.32 Å². The molecule has 2 aromatic carbocycles. The van der Waals surface area contributed by atoms with Gasteiger partial charge in [0.1, 0.15) is 6.54 Å². The highest BCUT2D eigenvalue weighted by Crippen LogP contribution is 2.26. The van der Waals surface area contributed by atoms with Gasteiger partial charge in [-0.1, -0.05) is 30.3 Å². The standard InChI is InChI=1S/C21H19N3O2/c1-14-7-5-8-15(2)20(14)23-19(25)13-24-17-10-4-3-9-16(17)22-21(24)18-11-6-12-26-18/h3-12H,13H2,1-2H3,(H,23,25). The number of aromatic nitrogens is 2. The van der Waals surface area contributed by atoms with Crippen LogP contribution in [0.4, 0.5) is 5.69 Å². The predicted octanol–water partition coefficient (Wildman–Crippen LogP) is 4.55. The third kappa shape index (κ3) is 2.88. The van der Waals surface area contributed by atoms with Crippen molar-refractivity contribution in [1.82, 2.24) is 9.55 Å². The van der Waals surface area contributed by atoms with Crippen LogP contribution in [0.3, 0.4) is 0 Å². The summed E-state index contributed by atoms with van der Waals surface area (Å²) in [5, 5.41) is 3.04. The zero-order valence-electron chi connectivity index (χ0n) is 14.7. The predicted molar refractivity (Wildman–Crippen MR) is 102 cm³/mol. The fourth-order valence-corrected chi connectivity index (χ4v) is 3.16. The minimum absolute atomic E-state index is 0.0987. The van der Waals surface area contributed by atoms with Crippen LogP contribution in [0.5, 0.6) is 0 Å². The number of furan rings is 1. The molecule has 2 aromatic heterocycles. The molecule has 0 spiro atoms. The molecule has 0 saturated carbocycles. The van der Waals surface area contributed by atoms with Crippen LogP contribution in [0.1, 0.15) is 11.1 Å². The lowest BCUT2D eigenvalue weighted by Crippen LogP contribution is -2.20. The summed E-state index contributed by atoms with van der Waals surface area (Å²) >= 11 is 0. The Morgan fingerprint density at radius 2 is 1.81 bits per heavy atom. The van der Waals surface area contributed by atoms with Crippen molar-refractivity contribution in [3.05, 3.63) is 72.0 Å². The van der Waals surface area contributed by atoms with E-state index in [2.05, 4.69) is 10.3 Å². The zero-order valence-corrected chi connectivity index (χ0v) is 14.7. The SMILES string of the molecule is Cc1cccc(C)c1NC(=O)Cn1c(-c2ccco2)nc2ccccc21. The lowest BCUT2D eigenvalue weighted by molar-refractivity contribution is -0.116. The Morgan fingerprint density at radius 3 is 2.54 bits per heavy atom. The van der Waals surface area contributed by atoms with E-state index in [1.165, 1.54) is 0 Å². The van der Waals surface area contributed by atoms with Gasteiger partial charge in [-0.15, -0.1) is 0 Å². The quantitative estimate of drug-likeness (QED) is 0.590. The first kappa shape index (κ1) is 16.1. The third-order valence-corrected chi connectivity index (χ3v) is 4.44. The number of benzene rings is 2. The summed E-state index contributed by atoms with van der Waals surface area (Å²) in [6, 6.07) is 17.4. The van der Waals surface area contributed by atoms with Crippen LogP contribution in [-0.2, 0) is 11.3 Å². The largest absolute Gasteiger partial charge is 0.461 e. The molecule has 26 heavy (non-hydrogen) atoms. The average Bonchev–Trinajstić information content (AvgIpc) is 3.27. The Kier molecular flexibility index (Phi) is 4.05. The van der Waals surface area contributed by atoms with Crippen molar-refractivity contribution >= 4 is 22.6 Å². The normalized spacial score (nSPS) is 11.0. The Balaban J connectivity index is 1.70. The van der Waals surface area contributed by atoms with Crippen LogP contribution in [0.15, 0.2) is 65.3 Å². The number of fused-ring (bicyclic) bond motifs is 1. The van der Waals surface area contributed by atoms with E-state index in [-0.39, 0.29) is 12.5 Å². The molecule has 1 amide bonds. The number of hydrogen-bond donors (Lipinski definition) is 1. The van der Waals surface area contributed by atoms with Crippen LogP contribution in [0.2, 0.25) is 0 Å². The first-order valence-electron chi connectivity index (χ1n) is 8.48. The van der Waals surface area contributed by atoms with Crippen LogP contribution in [0.25, 0.3) is 22.6 Å². The second kappa shape index (κ2) is 6.52. The zero-order chi connectivity index (χ0) is 18.1. The van der Waals surface area contributed by atoms with Gasteiger partial charge in [0.15, 0.2) is 11.6 Å². The lowest BCUT2D eigenvalue weighted by atomic mass is 10.1. The van der Waals surface area contributed by atoms with Gasteiger partial charge < -0.3 is 14.3 Å². The summed E-state index contributed by atoms with van der Waals surface area (Å²) in [6.07, 6.45) is 1.61. The van der Waals surface area contributed by atoms with Crippen molar-refractivity contribution in [3.63, 3.8) is 0 Å². The van der Waals surface area contributed by atoms with Gasteiger partial charge in [0.05, 0.1) is 17.3 Å². The maximum Gasteiger partial charge on any atom is 0.244 e. The summed E-state index contributed by atoms with van der Waals surface area (Å²) in [5.74, 6) is 1.19. The molecule has 2 heterocycles. The monoisotopic (exact) mass is 345 g/mol. The second-order valence-electron chi connectivity index (χ2n) is 6.30. The molecule has 0 unspecified atom stereocenters. The molecule has 4 aromatic rings. The van der Waals surface area contributed by atoms with Gasteiger partial charge in [-0.25, -0.2) is 4.98 Å². The van der Waals surface area contributed by atoms with E-state index in [4.69, 9.17) is 4.42 Å². The first-order valence-corrected chi connectivity index (χ1v) is 8.48. The minimum Gasteiger partial charge on any atom is -0.461 e. The van der Waals surface area contributed by atoms with Gasteiger partial charge in [0, 0.05) is 5.69 Å². The lowest BCUT2D eigenvalue weighted by Gasteiger charge is -2.13. The number of rotatable bonds is 4. The third-order valence-electron chi connectivity index (χ3n) is 4.44. The van der Waals surface area contributed by atoms with Gasteiger partial charge in [0.25, 0.3) is 0 Å². The molecule has 0 saturated heterocycles. The number of anilines is 1. The summed E-state index contributed by atoms with van der Waals surface area (Å²) < 4.78 is 7.40. The van der Waals surface area contributed by atoms with E-state index in [0.29, 0.717) is 11.6 Å². The van der Waals surface area contributed by atoms with Crippen molar-refractivity contribution in [3.8, 4) is 11.6 Å². The summed E-state index contributed by atoms with van der Waals surface area (Å²) in [6.45, 7) is 4.14. The molecule has 0 bridgehead atoms. The number of para-hydroxylation sites is 3. The summed E-state index contributed by atoms with van der Waals surface area (Å²) in [7, 11) is 0. The molecular weight excluding hydrogens is 326 g/mol. The van der Waals surface area contributed by atoms with E-state index in [0.717, 1.165) is 27.8 Å². The van der Waals surface area contributed by atoms with Crippen molar-refractivity contribution in [2.24, 2.45) is 0 Å². The molecule has 5 nitrogen and oxygen atoms in total. The van der Waals surface area contributed by atoms with E-state index in [1.807, 2.05) is 73.0 Å². The van der Waals surface area contributed by atoms with Gasteiger partial charge >= 0.3 is 0 Å². The molecular formula is C21H19N3O2. The van der Waals surface area contributed by atoms with Crippen molar-refractivity contribution in [2.75, 3.05) is 5.32 Å². The van der Waals surface area contributed by atoms with E-state index in [9.17, 15) is 4.79 Å². The Hall–Kier alpha value is -3.34. The van der Waals surface area contributed by atoms with Gasteiger partial charge in [-0.05, 0) is 49.2 Å². The van der Waals surface area contributed by atoms with Gasteiger partial charge in [-0.3, -0.25) is 4.79 Å². The number of nitrogens with one attached hydrogen (secondary N) is 1. The molecule has 0 fully saturated rings. The van der Waals surface area contributed by atoms with Crippen molar-refractivity contribution < 1.29 is 9.21 Å². The van der Waals surface area contributed by atoms with Crippen LogP contribution >= 0.6 is 0 Å². The fraction of sp³-hybridized carbons (Fsp3) is 0.143. The highest BCUT2D eigenvalue weighted by Gasteiger charge is 2.17. The number of amides is 1. The smallest absolute Gasteiger partial charge is 0.244 e. The molecule has 1 N–H and O–H groups in total. The number of carbonyl (C=O) groups is 1. The van der Waals surface area contributed by atoms with Crippen LogP contribution in [0, 0.1) is 13.8 Å². The Labute approximate surface area is 151 Å². The number of hydrogen-bond acceptors (Lipinski definition) is 3. The van der Waals surface area contributed by atoms with Gasteiger partial charge in [-0.2, -0.15) is 0 Å². The molecule has 0 aliphatic heterocycles. The van der Waals surface area contributed by atoms with Gasteiger partial charge in [0.2, 0.25) is 5.91 Å². The maximum atomic E-state index is 12.8. The molecule has 0 radical (unpaired) electrons. The number of imidazole rings is 1.